The van der Waals surface area contributed by atoms with Gasteiger partial charge in [0.2, 0.25) is 11.9 Å². The Hall–Kier alpha value is -2.38. The Bertz CT molecular complexity index is 668. The molecule has 2 amide bonds. The van der Waals surface area contributed by atoms with Gasteiger partial charge in [0.05, 0.1) is 0 Å². The molecule has 8 heteroatoms. The summed E-state index contributed by atoms with van der Waals surface area (Å²) in [6, 6.07) is 1.91. The highest BCUT2D eigenvalue weighted by atomic mass is 16.6. The number of nitrogens with zero attached hydrogens (tertiary/aromatic N) is 4. The number of hydrogen-bond acceptors (Lipinski definition) is 6. The quantitative estimate of drug-likeness (QED) is 0.853. The number of hydrogen-bond donors (Lipinski definition) is 1. The minimum Gasteiger partial charge on any atom is -0.444 e. The monoisotopic (exact) mass is 389 g/mol. The maximum absolute atomic E-state index is 12.7. The number of likely N-dealkylation sites (tertiary alicyclic amines) is 1. The largest absolute Gasteiger partial charge is 0.444 e. The van der Waals surface area contributed by atoms with Crippen LogP contribution < -0.4 is 10.2 Å². The summed E-state index contributed by atoms with van der Waals surface area (Å²) in [7, 11) is 0. The maximum Gasteiger partial charge on any atom is 0.410 e. The van der Waals surface area contributed by atoms with Crippen LogP contribution in [0.3, 0.4) is 0 Å². The van der Waals surface area contributed by atoms with Gasteiger partial charge < -0.3 is 19.9 Å². The third kappa shape index (κ3) is 5.56. The molecule has 2 aliphatic rings. The Labute approximate surface area is 166 Å². The number of anilines is 1. The van der Waals surface area contributed by atoms with Gasteiger partial charge in [0.25, 0.3) is 0 Å². The van der Waals surface area contributed by atoms with E-state index in [0.717, 1.165) is 25.9 Å². The minimum atomic E-state index is -0.499. The van der Waals surface area contributed by atoms with Crippen LogP contribution in [0.15, 0.2) is 18.5 Å². The molecule has 154 valence electrons. The lowest BCUT2D eigenvalue weighted by molar-refractivity contribution is -0.127. The first-order chi connectivity index (χ1) is 13.3. The predicted octanol–water partition coefficient (Wildman–Crippen LogP) is 2.21. The van der Waals surface area contributed by atoms with E-state index >= 15 is 0 Å². The van der Waals surface area contributed by atoms with Gasteiger partial charge in [0.1, 0.15) is 5.60 Å². The third-order valence-corrected chi connectivity index (χ3v) is 5.12. The number of ether oxygens (including phenoxy) is 1. The smallest absolute Gasteiger partial charge is 0.410 e. The Balaban J connectivity index is 1.46. The molecule has 2 saturated heterocycles. The lowest BCUT2D eigenvalue weighted by atomic mass is 9.95. The number of carbonyl (C=O) groups is 2. The molecule has 3 heterocycles. The van der Waals surface area contributed by atoms with Crippen molar-refractivity contribution in [2.24, 2.45) is 5.92 Å². The average Bonchev–Trinajstić information content (AvgIpc) is 2.68. The molecule has 2 aliphatic heterocycles. The highest BCUT2D eigenvalue weighted by molar-refractivity contribution is 5.79. The van der Waals surface area contributed by atoms with Crippen LogP contribution in [0.4, 0.5) is 10.7 Å². The van der Waals surface area contributed by atoms with Crippen molar-refractivity contribution in [1.29, 1.82) is 0 Å². The highest BCUT2D eigenvalue weighted by Crippen LogP contribution is 2.21. The van der Waals surface area contributed by atoms with Crippen molar-refractivity contribution in [2.45, 2.75) is 58.1 Å². The molecule has 1 atom stereocenters. The molecule has 28 heavy (non-hydrogen) atoms. The first-order valence-corrected chi connectivity index (χ1v) is 10.1. The molecule has 0 unspecified atom stereocenters. The van der Waals surface area contributed by atoms with Gasteiger partial charge in [-0.2, -0.15) is 0 Å². The van der Waals surface area contributed by atoms with Crippen LogP contribution in [0.5, 0.6) is 0 Å². The van der Waals surface area contributed by atoms with Gasteiger partial charge in [-0.05, 0) is 52.5 Å². The molecule has 1 aromatic rings. The van der Waals surface area contributed by atoms with E-state index in [1.165, 1.54) is 0 Å². The van der Waals surface area contributed by atoms with E-state index in [9.17, 15) is 9.59 Å². The summed E-state index contributed by atoms with van der Waals surface area (Å²) >= 11 is 0. The van der Waals surface area contributed by atoms with Gasteiger partial charge in [0, 0.05) is 50.5 Å². The summed E-state index contributed by atoms with van der Waals surface area (Å²) in [5, 5.41) is 3.20. The van der Waals surface area contributed by atoms with Gasteiger partial charge in [-0.3, -0.25) is 4.79 Å². The zero-order valence-electron chi connectivity index (χ0n) is 17.1. The van der Waals surface area contributed by atoms with Crippen LogP contribution in [0.25, 0.3) is 0 Å². The van der Waals surface area contributed by atoms with E-state index in [0.29, 0.717) is 31.9 Å². The molecule has 0 bridgehead atoms. The number of aromatic nitrogens is 2. The number of amides is 2. The second-order valence-electron chi connectivity index (χ2n) is 8.58. The lowest BCUT2D eigenvalue weighted by Crippen LogP contribution is -2.51. The van der Waals surface area contributed by atoms with Gasteiger partial charge in [0.15, 0.2) is 0 Å². The normalized spacial score (nSPS) is 21.3. The highest BCUT2D eigenvalue weighted by Gasteiger charge is 2.31. The average molecular weight is 390 g/mol. The summed E-state index contributed by atoms with van der Waals surface area (Å²) in [5.74, 6) is 0.749. The molecule has 0 aromatic carbocycles. The SMILES string of the molecule is CC(C)(C)OC(=O)N1CCC(C(=O)N[C@H]2CCCN(c3ncccn3)C2)CC1. The molecule has 0 aliphatic carbocycles. The van der Waals surface area contributed by atoms with Crippen LogP contribution in [0.2, 0.25) is 0 Å². The maximum atomic E-state index is 12.7. The van der Waals surface area contributed by atoms with Crippen molar-refractivity contribution in [3.05, 3.63) is 18.5 Å². The van der Waals surface area contributed by atoms with Crippen molar-refractivity contribution >= 4 is 17.9 Å². The number of nitrogens with one attached hydrogen (secondary N) is 1. The fourth-order valence-corrected chi connectivity index (χ4v) is 3.70. The molecule has 3 rings (SSSR count). The van der Waals surface area contributed by atoms with Crippen LogP contribution in [0.1, 0.15) is 46.5 Å². The zero-order valence-corrected chi connectivity index (χ0v) is 17.1. The van der Waals surface area contributed by atoms with Gasteiger partial charge in [-0.15, -0.1) is 0 Å². The Morgan fingerprint density at radius 3 is 2.43 bits per heavy atom. The third-order valence-electron chi connectivity index (χ3n) is 5.12. The first-order valence-electron chi connectivity index (χ1n) is 10.1. The summed E-state index contributed by atoms with van der Waals surface area (Å²) in [5.41, 5.74) is -0.499. The molecule has 1 N–H and O–H groups in total. The van der Waals surface area contributed by atoms with Crippen molar-refractivity contribution in [3.8, 4) is 0 Å². The fraction of sp³-hybridized carbons (Fsp3) is 0.700. The lowest BCUT2D eigenvalue weighted by Gasteiger charge is -2.36. The molecule has 0 spiro atoms. The van der Waals surface area contributed by atoms with Crippen molar-refractivity contribution in [1.82, 2.24) is 20.2 Å². The van der Waals surface area contributed by atoms with Crippen LogP contribution in [-0.4, -0.2) is 64.7 Å². The number of piperidine rings is 2. The summed E-state index contributed by atoms with van der Waals surface area (Å²) in [6.45, 7) is 8.33. The number of rotatable bonds is 3. The van der Waals surface area contributed by atoms with E-state index < -0.39 is 5.60 Å². The minimum absolute atomic E-state index is 0.0537. The molecule has 2 fully saturated rings. The molecular weight excluding hydrogens is 358 g/mol. The van der Waals surface area contributed by atoms with Gasteiger partial charge in [-0.25, -0.2) is 14.8 Å². The molecular formula is C20H31N5O3. The topological polar surface area (TPSA) is 87.7 Å². The summed E-state index contributed by atoms with van der Waals surface area (Å²) in [6.07, 6.45) is 6.49. The second kappa shape index (κ2) is 8.75. The summed E-state index contributed by atoms with van der Waals surface area (Å²) in [4.78, 5) is 37.3. The van der Waals surface area contributed by atoms with Crippen LogP contribution in [0, 0.1) is 5.92 Å². The van der Waals surface area contributed by atoms with E-state index in [1.54, 1.807) is 23.4 Å². The molecule has 0 radical (unpaired) electrons. The Morgan fingerprint density at radius 2 is 1.79 bits per heavy atom. The van der Waals surface area contributed by atoms with Gasteiger partial charge >= 0.3 is 6.09 Å². The molecule has 0 saturated carbocycles. The van der Waals surface area contributed by atoms with E-state index in [4.69, 9.17) is 4.74 Å². The van der Waals surface area contributed by atoms with Gasteiger partial charge in [-0.1, -0.05) is 0 Å². The van der Waals surface area contributed by atoms with Crippen molar-refractivity contribution in [3.63, 3.8) is 0 Å². The first kappa shape index (κ1) is 20.4. The van der Waals surface area contributed by atoms with Crippen molar-refractivity contribution in [2.75, 3.05) is 31.1 Å². The van der Waals surface area contributed by atoms with Crippen LogP contribution >= 0.6 is 0 Å². The number of carbonyl (C=O) groups excluding carboxylic acids is 2. The summed E-state index contributed by atoms with van der Waals surface area (Å²) < 4.78 is 5.42. The molecule has 8 nitrogen and oxygen atoms in total. The van der Waals surface area contributed by atoms with E-state index in [-0.39, 0.29) is 24.0 Å². The second-order valence-corrected chi connectivity index (χ2v) is 8.58. The molecule has 1 aromatic heterocycles. The Kier molecular flexibility index (Phi) is 6.36. The predicted molar refractivity (Wildman–Crippen MR) is 106 cm³/mol. The standard InChI is InChI=1S/C20H31N5O3/c1-20(2,3)28-19(27)24-12-7-15(8-13-24)17(26)23-16-6-4-11-25(14-16)18-21-9-5-10-22-18/h5,9-10,15-16H,4,6-8,11-14H2,1-3H3,(H,23,26)/t16-/m0/s1. The van der Waals surface area contributed by atoms with E-state index in [1.807, 2.05) is 20.8 Å². The van der Waals surface area contributed by atoms with E-state index in [2.05, 4.69) is 20.2 Å². The zero-order chi connectivity index (χ0) is 20.1. The Morgan fingerprint density at radius 1 is 1.11 bits per heavy atom. The van der Waals surface area contributed by atoms with Crippen molar-refractivity contribution < 1.29 is 14.3 Å². The fourth-order valence-electron chi connectivity index (χ4n) is 3.70. The van der Waals surface area contributed by atoms with Crippen LogP contribution in [-0.2, 0) is 9.53 Å².